The highest BCUT2D eigenvalue weighted by Crippen LogP contribution is 2.51. The van der Waals surface area contributed by atoms with Gasteiger partial charge in [0.05, 0.1) is 6.61 Å². The Labute approximate surface area is 129 Å². The number of carbonyl (C=O) groups excluding carboxylic acids is 1. The highest BCUT2D eigenvalue weighted by atomic mass is 19.1. The van der Waals surface area contributed by atoms with Crippen molar-refractivity contribution in [2.45, 2.75) is 26.2 Å². The van der Waals surface area contributed by atoms with E-state index in [2.05, 4.69) is 0 Å². The molecule has 0 aliphatic heterocycles. The Morgan fingerprint density at radius 2 is 2.05 bits per heavy atom. The monoisotopic (exact) mass is 298 g/mol. The van der Waals surface area contributed by atoms with E-state index < -0.39 is 0 Å². The topological polar surface area (TPSA) is 26.3 Å². The lowest BCUT2D eigenvalue weighted by molar-refractivity contribution is 0.0965. The predicted octanol–water partition coefficient (Wildman–Crippen LogP) is 4.52. The molecule has 1 saturated carbocycles. The minimum atomic E-state index is -0.273. The Bertz CT molecular complexity index is 708. The normalized spacial score (nSPS) is 19.8. The molecule has 2 aromatic rings. The molecule has 0 N–H and O–H groups in total. The van der Waals surface area contributed by atoms with E-state index in [0.29, 0.717) is 17.7 Å². The number of Topliss-reactive ketones (excluding diaryl/α,β-unsaturated/α-hetero) is 1. The second kappa shape index (κ2) is 5.91. The molecular formula is C19H19FO2. The fraction of sp³-hybridized carbons (Fsp3) is 0.316. The molecule has 1 fully saturated rings. The summed E-state index contributed by atoms with van der Waals surface area (Å²) in [5, 5.41) is 0. The van der Waals surface area contributed by atoms with Gasteiger partial charge >= 0.3 is 0 Å². The van der Waals surface area contributed by atoms with Crippen LogP contribution in [-0.4, -0.2) is 12.4 Å². The van der Waals surface area contributed by atoms with Crippen LogP contribution in [0.2, 0.25) is 0 Å². The van der Waals surface area contributed by atoms with Crippen LogP contribution in [0.5, 0.6) is 5.75 Å². The Morgan fingerprint density at radius 3 is 2.77 bits per heavy atom. The summed E-state index contributed by atoms with van der Waals surface area (Å²) in [5.74, 6) is 0.873. The average Bonchev–Trinajstić information content (AvgIpc) is 3.30. The van der Waals surface area contributed by atoms with Crippen molar-refractivity contribution in [1.29, 1.82) is 0 Å². The maximum absolute atomic E-state index is 13.3. The minimum absolute atomic E-state index is 0.0218. The van der Waals surface area contributed by atoms with Crippen molar-refractivity contribution < 1.29 is 13.9 Å². The molecule has 0 saturated heterocycles. The van der Waals surface area contributed by atoms with Crippen LogP contribution in [0.4, 0.5) is 4.39 Å². The van der Waals surface area contributed by atoms with Crippen molar-refractivity contribution >= 4 is 5.78 Å². The second-order valence-electron chi connectivity index (χ2n) is 5.75. The first-order chi connectivity index (χ1) is 10.6. The molecule has 1 aliphatic rings. The largest absolute Gasteiger partial charge is 0.494 e. The van der Waals surface area contributed by atoms with Crippen LogP contribution in [-0.2, 0) is 0 Å². The summed E-state index contributed by atoms with van der Waals surface area (Å²) in [5.41, 5.74) is 2.21. The summed E-state index contributed by atoms with van der Waals surface area (Å²) in [7, 11) is 0. The number of halogens is 1. The van der Waals surface area contributed by atoms with E-state index in [1.54, 1.807) is 19.1 Å². The van der Waals surface area contributed by atoms with Crippen LogP contribution in [0.1, 0.15) is 40.7 Å². The molecule has 114 valence electrons. The van der Waals surface area contributed by atoms with Crippen molar-refractivity contribution in [2.24, 2.45) is 5.92 Å². The van der Waals surface area contributed by atoms with Crippen molar-refractivity contribution in [2.75, 3.05) is 6.61 Å². The van der Waals surface area contributed by atoms with Gasteiger partial charge in [0.15, 0.2) is 5.78 Å². The third-order valence-electron chi connectivity index (χ3n) is 4.19. The van der Waals surface area contributed by atoms with Gasteiger partial charge in [0.2, 0.25) is 0 Å². The molecule has 3 rings (SSSR count). The summed E-state index contributed by atoms with van der Waals surface area (Å²) in [6, 6.07) is 12.5. The fourth-order valence-corrected chi connectivity index (χ4v) is 2.91. The van der Waals surface area contributed by atoms with Gasteiger partial charge in [-0.2, -0.15) is 0 Å². The van der Waals surface area contributed by atoms with Crippen molar-refractivity contribution in [3.8, 4) is 5.75 Å². The molecule has 0 amide bonds. The maximum Gasteiger partial charge on any atom is 0.166 e. The van der Waals surface area contributed by atoms with Gasteiger partial charge in [0.1, 0.15) is 11.6 Å². The van der Waals surface area contributed by atoms with Gasteiger partial charge in [-0.25, -0.2) is 4.39 Å². The van der Waals surface area contributed by atoms with E-state index in [4.69, 9.17) is 4.74 Å². The standard InChI is InChI=1S/C19H19FO2/c1-3-22-18-7-5-4-6-14(18)15-11-16(15)19(21)13-8-9-17(20)12(2)10-13/h4-10,15-16H,3,11H2,1-2H3. The summed E-state index contributed by atoms with van der Waals surface area (Å²) < 4.78 is 19.0. The van der Waals surface area contributed by atoms with Crippen LogP contribution in [0.3, 0.4) is 0 Å². The zero-order valence-corrected chi connectivity index (χ0v) is 12.8. The average molecular weight is 298 g/mol. The number of rotatable bonds is 5. The summed E-state index contributed by atoms with van der Waals surface area (Å²) in [6.07, 6.45) is 0.833. The van der Waals surface area contributed by atoms with E-state index in [1.165, 1.54) is 6.07 Å². The van der Waals surface area contributed by atoms with Crippen LogP contribution in [0, 0.1) is 18.7 Å². The number of ketones is 1. The Kier molecular flexibility index (Phi) is 3.97. The molecule has 0 aromatic heterocycles. The van der Waals surface area contributed by atoms with E-state index in [1.807, 2.05) is 31.2 Å². The smallest absolute Gasteiger partial charge is 0.166 e. The lowest BCUT2D eigenvalue weighted by Gasteiger charge is -2.09. The molecule has 0 spiro atoms. The lowest BCUT2D eigenvalue weighted by atomic mass is 10.0. The number of hydrogen-bond acceptors (Lipinski definition) is 2. The van der Waals surface area contributed by atoms with Gasteiger partial charge in [0.25, 0.3) is 0 Å². The third kappa shape index (κ3) is 2.76. The van der Waals surface area contributed by atoms with Gasteiger partial charge in [-0.3, -0.25) is 4.79 Å². The van der Waals surface area contributed by atoms with Gasteiger partial charge in [-0.15, -0.1) is 0 Å². The zero-order chi connectivity index (χ0) is 15.7. The first-order valence-corrected chi connectivity index (χ1v) is 7.64. The van der Waals surface area contributed by atoms with Gasteiger partial charge in [-0.1, -0.05) is 18.2 Å². The van der Waals surface area contributed by atoms with Crippen LogP contribution >= 0.6 is 0 Å². The number of aryl methyl sites for hydroxylation is 1. The minimum Gasteiger partial charge on any atom is -0.494 e. The van der Waals surface area contributed by atoms with Crippen LogP contribution < -0.4 is 4.74 Å². The summed E-state index contributed by atoms with van der Waals surface area (Å²) in [4.78, 5) is 12.6. The third-order valence-corrected chi connectivity index (χ3v) is 4.19. The molecular weight excluding hydrogens is 279 g/mol. The highest BCUT2D eigenvalue weighted by molar-refractivity contribution is 6.00. The number of benzene rings is 2. The van der Waals surface area contributed by atoms with Gasteiger partial charge < -0.3 is 4.74 Å². The molecule has 0 heterocycles. The molecule has 1 aliphatic carbocycles. The van der Waals surface area contributed by atoms with E-state index in [9.17, 15) is 9.18 Å². The van der Waals surface area contributed by atoms with Crippen molar-refractivity contribution in [3.05, 3.63) is 65.0 Å². The Morgan fingerprint density at radius 1 is 1.27 bits per heavy atom. The van der Waals surface area contributed by atoms with E-state index in [0.717, 1.165) is 17.7 Å². The second-order valence-corrected chi connectivity index (χ2v) is 5.75. The van der Waals surface area contributed by atoms with Gasteiger partial charge in [-0.05, 0) is 61.6 Å². The SMILES string of the molecule is CCOc1ccccc1C1CC1C(=O)c1ccc(F)c(C)c1. The number of para-hydroxylation sites is 1. The molecule has 0 bridgehead atoms. The quantitative estimate of drug-likeness (QED) is 0.759. The highest BCUT2D eigenvalue weighted by Gasteiger charge is 2.45. The predicted molar refractivity (Wildman–Crippen MR) is 83.9 cm³/mol. The van der Waals surface area contributed by atoms with Crippen molar-refractivity contribution in [1.82, 2.24) is 0 Å². The molecule has 2 unspecified atom stereocenters. The zero-order valence-electron chi connectivity index (χ0n) is 12.8. The van der Waals surface area contributed by atoms with Crippen LogP contribution in [0.25, 0.3) is 0 Å². The molecule has 2 atom stereocenters. The van der Waals surface area contributed by atoms with E-state index >= 15 is 0 Å². The Balaban J connectivity index is 1.79. The first kappa shape index (κ1) is 14.8. The number of carbonyl (C=O) groups is 1. The number of hydrogen-bond donors (Lipinski definition) is 0. The fourth-order valence-electron chi connectivity index (χ4n) is 2.91. The molecule has 3 heteroatoms. The number of ether oxygens (including phenoxy) is 1. The molecule has 2 nitrogen and oxygen atoms in total. The van der Waals surface area contributed by atoms with E-state index in [-0.39, 0.29) is 23.4 Å². The summed E-state index contributed by atoms with van der Waals surface area (Å²) >= 11 is 0. The molecule has 2 aromatic carbocycles. The maximum atomic E-state index is 13.3. The van der Waals surface area contributed by atoms with Crippen LogP contribution in [0.15, 0.2) is 42.5 Å². The van der Waals surface area contributed by atoms with Gasteiger partial charge in [0, 0.05) is 11.5 Å². The lowest BCUT2D eigenvalue weighted by Crippen LogP contribution is -2.05. The Hall–Kier alpha value is -2.16. The molecule has 0 radical (unpaired) electrons. The molecule has 22 heavy (non-hydrogen) atoms. The first-order valence-electron chi connectivity index (χ1n) is 7.64. The summed E-state index contributed by atoms with van der Waals surface area (Å²) in [6.45, 7) is 4.24. The van der Waals surface area contributed by atoms with Crippen molar-refractivity contribution in [3.63, 3.8) is 0 Å².